The van der Waals surface area contributed by atoms with Crippen LogP contribution in [0.15, 0.2) is 0 Å². The van der Waals surface area contributed by atoms with Gasteiger partial charge >= 0.3 is 29.1 Å². The van der Waals surface area contributed by atoms with Gasteiger partial charge in [-0.15, -0.1) is 0 Å². The molecule has 0 rings (SSSR count). The Hall–Kier alpha value is -0.746. The van der Waals surface area contributed by atoms with Gasteiger partial charge in [-0.3, -0.25) is 9.59 Å². The monoisotopic (exact) mass is 280 g/mol. The van der Waals surface area contributed by atoms with Crippen molar-refractivity contribution in [3.63, 3.8) is 0 Å². The molecule has 0 aromatic carbocycles. The third kappa shape index (κ3) is 7.23. The molecular weight excluding hydrogens is 260 g/mol. The highest BCUT2D eigenvalue weighted by molar-refractivity contribution is 6.80. The summed E-state index contributed by atoms with van der Waals surface area (Å²) in [7, 11) is -5.38. The fourth-order valence-corrected chi connectivity index (χ4v) is 7.60. The van der Waals surface area contributed by atoms with E-state index in [0.717, 1.165) is 0 Å². The second-order valence-electron chi connectivity index (χ2n) is 4.26. The molecular formula is C8H20N2O5Si2. The Morgan fingerprint density at radius 2 is 1.18 bits per heavy atom. The van der Waals surface area contributed by atoms with E-state index in [1.165, 1.54) is 0 Å². The highest BCUT2D eigenvalue weighted by atomic mass is 28.5. The molecule has 0 spiro atoms. The van der Waals surface area contributed by atoms with Gasteiger partial charge in [0.15, 0.2) is 0 Å². The van der Waals surface area contributed by atoms with Crippen molar-refractivity contribution in [2.45, 2.75) is 26.2 Å². The Kier molecular flexibility index (Phi) is 5.98. The van der Waals surface area contributed by atoms with E-state index < -0.39 is 29.1 Å². The van der Waals surface area contributed by atoms with Crippen molar-refractivity contribution in [3.8, 4) is 0 Å². The predicted octanol–water partition coefficient (Wildman–Crippen LogP) is -0.590. The van der Waals surface area contributed by atoms with Gasteiger partial charge in [0.2, 0.25) is 0 Å². The first-order valence-electron chi connectivity index (χ1n) is 5.16. The number of carbonyl (C=O) groups excluding carboxylic acids is 2. The van der Waals surface area contributed by atoms with Gasteiger partial charge in [-0.1, -0.05) is 0 Å². The molecule has 0 heterocycles. The molecule has 9 heteroatoms. The van der Waals surface area contributed by atoms with Gasteiger partial charge in [0.1, 0.15) is 0 Å². The van der Waals surface area contributed by atoms with Gasteiger partial charge in [-0.2, -0.15) is 0 Å². The molecule has 0 aliphatic carbocycles. The topological polar surface area (TPSA) is 114 Å². The quantitative estimate of drug-likeness (QED) is 0.625. The maximum absolute atomic E-state index is 11.1. The molecule has 0 aliphatic rings. The average Bonchev–Trinajstić information content (AvgIpc) is 2.13. The summed E-state index contributed by atoms with van der Waals surface area (Å²) in [5.41, 5.74) is 10.3. The molecule has 0 aliphatic heterocycles. The first-order chi connectivity index (χ1) is 7.62. The van der Waals surface area contributed by atoms with Crippen molar-refractivity contribution in [3.05, 3.63) is 0 Å². The number of hydrogen-bond donors (Lipinski definition) is 2. The summed E-state index contributed by atoms with van der Waals surface area (Å²) in [6.45, 7) is 6.34. The Morgan fingerprint density at radius 3 is 1.41 bits per heavy atom. The van der Waals surface area contributed by atoms with Crippen molar-refractivity contribution in [2.24, 2.45) is 11.5 Å². The average molecular weight is 280 g/mol. The van der Waals surface area contributed by atoms with E-state index in [1.807, 2.05) is 0 Å². The van der Waals surface area contributed by atoms with Crippen LogP contribution in [0.3, 0.4) is 0 Å². The Balaban J connectivity index is 4.46. The van der Waals surface area contributed by atoms with Gasteiger partial charge in [-0.25, -0.2) is 0 Å². The molecule has 0 radical (unpaired) electrons. The third-order valence-corrected chi connectivity index (χ3v) is 6.92. The highest BCUT2D eigenvalue weighted by Gasteiger charge is 2.40. The lowest BCUT2D eigenvalue weighted by Crippen LogP contribution is -2.51. The van der Waals surface area contributed by atoms with Crippen LogP contribution in [0.1, 0.15) is 0 Å². The maximum Gasteiger partial charge on any atom is 0.387 e. The van der Waals surface area contributed by atoms with E-state index in [-0.39, 0.29) is 13.1 Å². The Labute approximate surface area is 103 Å². The minimum Gasteiger partial charge on any atom is -0.494 e. The second-order valence-corrected chi connectivity index (χ2v) is 11.1. The van der Waals surface area contributed by atoms with Gasteiger partial charge in [-0.05, 0) is 26.2 Å². The molecule has 0 bridgehead atoms. The van der Waals surface area contributed by atoms with E-state index in [4.69, 9.17) is 24.4 Å². The van der Waals surface area contributed by atoms with Gasteiger partial charge in [0.25, 0.3) is 0 Å². The number of hydrogen-bond acceptors (Lipinski definition) is 7. The molecule has 0 amide bonds. The summed E-state index contributed by atoms with van der Waals surface area (Å²) >= 11 is 0. The standard InChI is InChI=1S/C8H20N2O5Si2/c1-16(2,13-7(11)5-9)15-17(3,4)14-8(12)6-10/h5-6,9-10H2,1-4H3. The normalized spacial score (nSPS) is 12.1. The molecule has 0 saturated carbocycles. The molecule has 7 nitrogen and oxygen atoms in total. The molecule has 100 valence electrons. The largest absolute Gasteiger partial charge is 0.494 e. The maximum atomic E-state index is 11.1. The van der Waals surface area contributed by atoms with E-state index in [9.17, 15) is 9.59 Å². The zero-order chi connectivity index (χ0) is 13.7. The van der Waals surface area contributed by atoms with Gasteiger partial charge in [0.05, 0.1) is 13.1 Å². The third-order valence-electron chi connectivity index (χ3n) is 1.54. The smallest absolute Gasteiger partial charge is 0.387 e. The number of rotatable bonds is 6. The van der Waals surface area contributed by atoms with Crippen molar-refractivity contribution < 1.29 is 22.6 Å². The summed E-state index contributed by atoms with van der Waals surface area (Å²) in [6, 6.07) is 0. The molecule has 0 saturated heterocycles. The zero-order valence-corrected chi connectivity index (χ0v) is 12.6. The van der Waals surface area contributed by atoms with Crippen LogP contribution in [-0.2, 0) is 22.6 Å². The summed E-state index contributed by atoms with van der Waals surface area (Å²) in [5.74, 6) is -1.06. The van der Waals surface area contributed by atoms with E-state index in [1.54, 1.807) is 26.2 Å². The molecule has 0 unspecified atom stereocenters. The Bertz CT molecular complexity index is 268. The Morgan fingerprint density at radius 1 is 0.882 bits per heavy atom. The number of carbonyl (C=O) groups is 2. The fourth-order valence-electron chi connectivity index (χ4n) is 1.27. The minimum absolute atomic E-state index is 0.204. The van der Waals surface area contributed by atoms with Crippen molar-refractivity contribution in [2.75, 3.05) is 13.1 Å². The molecule has 17 heavy (non-hydrogen) atoms. The van der Waals surface area contributed by atoms with Crippen LogP contribution in [0.2, 0.25) is 26.2 Å². The van der Waals surface area contributed by atoms with Crippen LogP contribution in [0.5, 0.6) is 0 Å². The molecule has 0 aromatic heterocycles. The van der Waals surface area contributed by atoms with Gasteiger partial charge < -0.3 is 24.4 Å². The highest BCUT2D eigenvalue weighted by Crippen LogP contribution is 2.16. The lowest BCUT2D eigenvalue weighted by atomic mass is 10.7. The van der Waals surface area contributed by atoms with E-state index >= 15 is 0 Å². The van der Waals surface area contributed by atoms with Crippen LogP contribution in [0.25, 0.3) is 0 Å². The van der Waals surface area contributed by atoms with Crippen molar-refractivity contribution in [1.82, 2.24) is 0 Å². The summed E-state index contributed by atoms with van der Waals surface area (Å²) in [4.78, 5) is 22.2. The first kappa shape index (κ1) is 16.3. The van der Waals surface area contributed by atoms with Crippen molar-refractivity contribution in [1.29, 1.82) is 0 Å². The lowest BCUT2D eigenvalue weighted by molar-refractivity contribution is -0.134. The summed E-state index contributed by atoms with van der Waals surface area (Å²) < 4.78 is 15.9. The fraction of sp³-hybridized carbons (Fsp3) is 0.750. The lowest BCUT2D eigenvalue weighted by Gasteiger charge is -2.31. The number of nitrogens with two attached hydrogens (primary N) is 2. The SMILES string of the molecule is C[Si](C)(OC(=O)CN)O[Si](C)(C)OC(=O)CN. The first-order valence-corrected chi connectivity index (χ1v) is 10.8. The van der Waals surface area contributed by atoms with Crippen LogP contribution >= 0.6 is 0 Å². The predicted molar refractivity (Wildman–Crippen MR) is 66.3 cm³/mol. The van der Waals surface area contributed by atoms with Crippen LogP contribution < -0.4 is 11.5 Å². The molecule has 0 aromatic rings. The van der Waals surface area contributed by atoms with Crippen LogP contribution in [0, 0.1) is 0 Å². The van der Waals surface area contributed by atoms with Crippen LogP contribution in [-0.4, -0.2) is 42.1 Å². The van der Waals surface area contributed by atoms with Crippen molar-refractivity contribution >= 4 is 29.1 Å². The molecule has 4 N–H and O–H groups in total. The summed E-state index contributed by atoms with van der Waals surface area (Å²) in [5, 5.41) is 0. The van der Waals surface area contributed by atoms with Crippen LogP contribution in [0.4, 0.5) is 0 Å². The zero-order valence-electron chi connectivity index (χ0n) is 10.6. The minimum atomic E-state index is -2.69. The molecule has 0 atom stereocenters. The summed E-state index contributed by atoms with van der Waals surface area (Å²) in [6.07, 6.45) is 0. The van der Waals surface area contributed by atoms with E-state index in [2.05, 4.69) is 0 Å². The van der Waals surface area contributed by atoms with E-state index in [0.29, 0.717) is 0 Å². The molecule has 0 fully saturated rings. The second kappa shape index (κ2) is 6.26. The van der Waals surface area contributed by atoms with Gasteiger partial charge in [0, 0.05) is 0 Å².